The average molecular weight is 583 g/mol. The number of carbonyl (C=O) groups is 5. The van der Waals surface area contributed by atoms with Crippen LogP contribution in [0.1, 0.15) is 50.7 Å². The van der Waals surface area contributed by atoms with Crippen molar-refractivity contribution in [3.05, 3.63) is 71.5 Å². The Kier molecular flexibility index (Phi) is 12.5. The van der Waals surface area contributed by atoms with Gasteiger partial charge in [0.15, 0.2) is 0 Å². The van der Waals surface area contributed by atoms with Gasteiger partial charge in [0.05, 0.1) is 6.04 Å². The highest BCUT2D eigenvalue weighted by Crippen LogP contribution is 2.17. The van der Waals surface area contributed by atoms with E-state index in [4.69, 9.17) is 4.74 Å². The van der Waals surface area contributed by atoms with E-state index in [-0.39, 0.29) is 37.7 Å². The lowest BCUT2D eigenvalue weighted by Gasteiger charge is -2.27. The van der Waals surface area contributed by atoms with Crippen LogP contribution in [-0.2, 0) is 36.9 Å². The first-order valence-electron chi connectivity index (χ1n) is 14.2. The first-order valence-corrected chi connectivity index (χ1v) is 14.2. The molecule has 0 unspecified atom stereocenters. The molecule has 10 nitrogen and oxygen atoms in total. The summed E-state index contributed by atoms with van der Waals surface area (Å²) < 4.78 is 18.8. The van der Waals surface area contributed by atoms with Gasteiger partial charge in [0.2, 0.25) is 17.7 Å². The van der Waals surface area contributed by atoms with Gasteiger partial charge in [0.1, 0.15) is 30.8 Å². The molecule has 3 rings (SSSR count). The van der Waals surface area contributed by atoms with Crippen molar-refractivity contribution in [1.82, 2.24) is 21.3 Å². The third-order valence-electron chi connectivity index (χ3n) is 6.94. The first kappa shape index (κ1) is 32.2. The number of rotatable bonds is 14. The van der Waals surface area contributed by atoms with Crippen LogP contribution in [0.15, 0.2) is 54.6 Å². The SMILES string of the molecule is CC(C)C[C@H](NC(=O)[C@@H](Cc1ccc(F)cc1)NC(=O)OCc1ccccc1)C(=O)N[C@H](C=O)C[C@@H]1CCCNC1=O. The monoisotopic (exact) mass is 582 g/mol. The molecule has 0 bridgehead atoms. The van der Waals surface area contributed by atoms with Crippen LogP contribution in [0.3, 0.4) is 0 Å². The molecular weight excluding hydrogens is 543 g/mol. The molecule has 2 aromatic carbocycles. The average Bonchev–Trinajstić information content (AvgIpc) is 2.97. The van der Waals surface area contributed by atoms with Crippen molar-refractivity contribution in [3.63, 3.8) is 0 Å². The molecule has 1 fully saturated rings. The molecule has 4 atom stereocenters. The number of carbonyl (C=O) groups excluding carboxylic acids is 5. The quantitative estimate of drug-likeness (QED) is 0.252. The number of ether oxygens (including phenoxy) is 1. The van der Waals surface area contributed by atoms with Gasteiger partial charge in [-0.2, -0.15) is 0 Å². The summed E-state index contributed by atoms with van der Waals surface area (Å²) in [6.45, 7) is 4.33. The molecule has 226 valence electrons. The van der Waals surface area contributed by atoms with Crippen LogP contribution in [-0.4, -0.2) is 54.8 Å². The normalized spacial score (nSPS) is 16.9. The van der Waals surface area contributed by atoms with E-state index in [0.29, 0.717) is 24.8 Å². The zero-order valence-electron chi connectivity index (χ0n) is 23.9. The highest BCUT2D eigenvalue weighted by molar-refractivity contribution is 5.92. The van der Waals surface area contributed by atoms with Crippen molar-refractivity contribution in [2.24, 2.45) is 11.8 Å². The van der Waals surface area contributed by atoms with E-state index < -0.39 is 47.8 Å². The highest BCUT2D eigenvalue weighted by atomic mass is 19.1. The maximum absolute atomic E-state index is 13.5. The van der Waals surface area contributed by atoms with Gasteiger partial charge in [-0.15, -0.1) is 0 Å². The summed E-state index contributed by atoms with van der Waals surface area (Å²) in [6.07, 6.45) is 1.59. The fourth-order valence-electron chi connectivity index (χ4n) is 4.75. The molecule has 0 spiro atoms. The van der Waals surface area contributed by atoms with Gasteiger partial charge >= 0.3 is 6.09 Å². The van der Waals surface area contributed by atoms with Crippen molar-refractivity contribution >= 4 is 30.1 Å². The summed E-state index contributed by atoms with van der Waals surface area (Å²) in [5, 5.41) is 10.7. The van der Waals surface area contributed by atoms with Crippen molar-refractivity contribution in [2.45, 2.75) is 70.7 Å². The van der Waals surface area contributed by atoms with E-state index >= 15 is 0 Å². The van der Waals surface area contributed by atoms with E-state index in [1.165, 1.54) is 24.3 Å². The van der Waals surface area contributed by atoms with Crippen molar-refractivity contribution < 1.29 is 33.1 Å². The van der Waals surface area contributed by atoms with Crippen molar-refractivity contribution in [3.8, 4) is 0 Å². The summed E-state index contributed by atoms with van der Waals surface area (Å²) in [7, 11) is 0. The third-order valence-corrected chi connectivity index (χ3v) is 6.94. The fraction of sp³-hybridized carbons (Fsp3) is 0.452. The Morgan fingerprint density at radius 1 is 0.976 bits per heavy atom. The summed E-state index contributed by atoms with van der Waals surface area (Å²) >= 11 is 0. The van der Waals surface area contributed by atoms with Crippen molar-refractivity contribution in [1.29, 1.82) is 0 Å². The van der Waals surface area contributed by atoms with Crippen LogP contribution in [0.25, 0.3) is 0 Å². The molecular formula is C31H39FN4O6. The summed E-state index contributed by atoms with van der Waals surface area (Å²) in [6, 6.07) is 11.5. The van der Waals surface area contributed by atoms with E-state index in [0.717, 1.165) is 12.0 Å². The number of piperidine rings is 1. The minimum absolute atomic E-state index is 0.000742. The number of hydrogen-bond donors (Lipinski definition) is 4. The Hall–Kier alpha value is -4.28. The Morgan fingerprint density at radius 2 is 1.67 bits per heavy atom. The molecule has 0 aromatic heterocycles. The second-order valence-electron chi connectivity index (χ2n) is 10.9. The summed E-state index contributed by atoms with van der Waals surface area (Å²) in [5.74, 6) is -2.20. The number of amides is 4. The van der Waals surface area contributed by atoms with E-state index in [1.807, 2.05) is 19.9 Å². The number of benzene rings is 2. The third kappa shape index (κ3) is 10.6. The topological polar surface area (TPSA) is 143 Å². The van der Waals surface area contributed by atoms with Crippen LogP contribution < -0.4 is 21.3 Å². The molecule has 42 heavy (non-hydrogen) atoms. The van der Waals surface area contributed by atoms with Crippen molar-refractivity contribution in [2.75, 3.05) is 6.54 Å². The lowest BCUT2D eigenvalue weighted by atomic mass is 9.91. The standard InChI is InChI=1S/C31H39FN4O6/c1-20(2)15-26(29(39)34-25(18-37)17-23-9-6-14-33-28(23)38)35-30(40)27(16-21-10-12-24(32)13-11-21)36-31(41)42-19-22-7-4-3-5-8-22/h3-5,7-8,10-13,18,20,23,25-27H,6,9,14-17,19H2,1-2H3,(H,33,38)(H,34,39)(H,35,40)(H,36,41)/t23-,25-,26-,27+/m0/s1. The second-order valence-corrected chi connectivity index (χ2v) is 10.9. The van der Waals surface area contributed by atoms with Gasteiger partial charge in [-0.1, -0.05) is 56.3 Å². The number of alkyl carbamates (subject to hydrolysis) is 1. The minimum Gasteiger partial charge on any atom is -0.445 e. The number of nitrogens with one attached hydrogen (secondary N) is 4. The predicted molar refractivity (Wildman–Crippen MR) is 153 cm³/mol. The van der Waals surface area contributed by atoms with Gasteiger partial charge in [0, 0.05) is 18.9 Å². The molecule has 11 heteroatoms. The van der Waals surface area contributed by atoms with Gasteiger partial charge < -0.3 is 30.8 Å². The Labute approximate surface area is 245 Å². The predicted octanol–water partition coefficient (Wildman–Crippen LogP) is 2.79. The largest absolute Gasteiger partial charge is 0.445 e. The van der Waals surface area contributed by atoms with Crippen LogP contribution >= 0.6 is 0 Å². The lowest BCUT2D eigenvalue weighted by molar-refractivity contribution is -0.132. The molecule has 0 aliphatic carbocycles. The van der Waals surface area contributed by atoms with Crippen LogP contribution in [0.2, 0.25) is 0 Å². The van der Waals surface area contributed by atoms with Gasteiger partial charge in [-0.3, -0.25) is 14.4 Å². The molecule has 0 radical (unpaired) electrons. The summed E-state index contributed by atoms with van der Waals surface area (Å²) in [5.41, 5.74) is 1.34. The van der Waals surface area contributed by atoms with Crippen LogP contribution in [0.4, 0.5) is 9.18 Å². The van der Waals surface area contributed by atoms with E-state index in [1.54, 1.807) is 24.3 Å². The Bertz CT molecular complexity index is 1210. The van der Waals surface area contributed by atoms with Gasteiger partial charge in [0.25, 0.3) is 0 Å². The number of halogens is 1. The highest BCUT2D eigenvalue weighted by Gasteiger charge is 2.31. The zero-order valence-corrected chi connectivity index (χ0v) is 23.9. The zero-order chi connectivity index (χ0) is 30.5. The first-order chi connectivity index (χ1) is 20.1. The molecule has 4 N–H and O–H groups in total. The second kappa shape index (κ2) is 16.2. The molecule has 1 saturated heterocycles. The molecule has 0 saturated carbocycles. The van der Waals surface area contributed by atoms with Crippen LogP contribution in [0, 0.1) is 17.7 Å². The van der Waals surface area contributed by atoms with Gasteiger partial charge in [-0.05, 0) is 54.9 Å². The van der Waals surface area contributed by atoms with Crippen LogP contribution in [0.5, 0.6) is 0 Å². The smallest absolute Gasteiger partial charge is 0.408 e. The van der Waals surface area contributed by atoms with E-state index in [2.05, 4.69) is 21.3 Å². The Morgan fingerprint density at radius 3 is 2.31 bits per heavy atom. The van der Waals surface area contributed by atoms with Gasteiger partial charge in [-0.25, -0.2) is 9.18 Å². The minimum atomic E-state index is -1.14. The lowest BCUT2D eigenvalue weighted by Crippen LogP contribution is -2.56. The molecule has 1 aliphatic heterocycles. The molecule has 1 heterocycles. The molecule has 4 amide bonds. The number of aldehydes is 1. The van der Waals surface area contributed by atoms with E-state index in [9.17, 15) is 28.4 Å². The molecule has 2 aromatic rings. The fourth-order valence-corrected chi connectivity index (χ4v) is 4.75. The number of hydrogen-bond acceptors (Lipinski definition) is 6. The molecule has 1 aliphatic rings. The summed E-state index contributed by atoms with van der Waals surface area (Å²) in [4.78, 5) is 63.3. The maximum Gasteiger partial charge on any atom is 0.408 e. The Balaban J connectivity index is 1.70. The maximum atomic E-state index is 13.5.